The first-order valence-electron chi connectivity index (χ1n) is 6.90. The predicted molar refractivity (Wildman–Crippen MR) is 83.3 cm³/mol. The van der Waals surface area contributed by atoms with E-state index in [0.717, 1.165) is 10.5 Å². The number of thioether (sulfide) groups is 1. The standard InChI is InChI=1S/C16H19NO3S/c1-2-13(10-18)17-16(19)15-12(8-9-20-15)11-21-14-6-4-3-5-7-14/h3-9,13,18H,2,10-11H2,1H3,(H,17,19). The summed E-state index contributed by atoms with van der Waals surface area (Å²) in [6.45, 7) is 1.84. The number of amides is 1. The normalized spacial score (nSPS) is 12.1. The highest BCUT2D eigenvalue weighted by Crippen LogP contribution is 2.24. The van der Waals surface area contributed by atoms with Crippen molar-refractivity contribution in [1.82, 2.24) is 5.32 Å². The Morgan fingerprint density at radius 3 is 2.76 bits per heavy atom. The second-order valence-corrected chi connectivity index (χ2v) is 5.69. The lowest BCUT2D eigenvalue weighted by atomic mass is 10.2. The molecule has 1 heterocycles. The molecule has 2 aromatic rings. The van der Waals surface area contributed by atoms with Gasteiger partial charge in [0.2, 0.25) is 0 Å². The topological polar surface area (TPSA) is 62.5 Å². The second-order valence-electron chi connectivity index (χ2n) is 4.64. The van der Waals surface area contributed by atoms with E-state index in [-0.39, 0.29) is 18.6 Å². The molecular formula is C16H19NO3S. The molecule has 0 radical (unpaired) electrons. The molecule has 112 valence electrons. The molecule has 1 atom stereocenters. The molecule has 1 amide bonds. The van der Waals surface area contributed by atoms with Crippen LogP contribution in [0.1, 0.15) is 29.5 Å². The molecule has 0 spiro atoms. The van der Waals surface area contributed by atoms with E-state index >= 15 is 0 Å². The summed E-state index contributed by atoms with van der Waals surface area (Å²) < 4.78 is 5.30. The summed E-state index contributed by atoms with van der Waals surface area (Å²) in [5.41, 5.74) is 0.856. The Morgan fingerprint density at radius 2 is 2.10 bits per heavy atom. The Bertz CT molecular complexity index is 564. The van der Waals surface area contributed by atoms with Gasteiger partial charge >= 0.3 is 0 Å². The Labute approximate surface area is 128 Å². The van der Waals surface area contributed by atoms with Crippen LogP contribution in [0, 0.1) is 0 Å². The number of hydrogen-bond donors (Lipinski definition) is 2. The van der Waals surface area contributed by atoms with Gasteiger partial charge in [0.1, 0.15) is 0 Å². The minimum absolute atomic E-state index is 0.0724. The van der Waals surface area contributed by atoms with Crippen molar-refractivity contribution >= 4 is 17.7 Å². The molecule has 2 N–H and O–H groups in total. The number of benzene rings is 1. The summed E-state index contributed by atoms with van der Waals surface area (Å²) in [7, 11) is 0. The van der Waals surface area contributed by atoms with Gasteiger partial charge in [-0.15, -0.1) is 11.8 Å². The van der Waals surface area contributed by atoms with Gasteiger partial charge in [-0.2, -0.15) is 0 Å². The van der Waals surface area contributed by atoms with Crippen LogP contribution in [-0.2, 0) is 5.75 Å². The van der Waals surface area contributed by atoms with Gasteiger partial charge in [0.05, 0.1) is 18.9 Å². The number of carbonyl (C=O) groups is 1. The Hall–Kier alpha value is -1.72. The van der Waals surface area contributed by atoms with E-state index in [9.17, 15) is 4.79 Å². The summed E-state index contributed by atoms with van der Waals surface area (Å²) >= 11 is 1.65. The number of carbonyl (C=O) groups excluding carboxylic acids is 1. The van der Waals surface area contributed by atoms with Crippen molar-refractivity contribution in [3.8, 4) is 0 Å². The molecule has 5 heteroatoms. The first kappa shape index (κ1) is 15.7. The van der Waals surface area contributed by atoms with Crippen LogP contribution in [0.5, 0.6) is 0 Å². The maximum absolute atomic E-state index is 12.1. The molecule has 1 aromatic carbocycles. The molecule has 0 saturated carbocycles. The highest BCUT2D eigenvalue weighted by Gasteiger charge is 2.18. The molecule has 21 heavy (non-hydrogen) atoms. The lowest BCUT2D eigenvalue weighted by Crippen LogP contribution is -2.37. The van der Waals surface area contributed by atoms with Gasteiger partial charge < -0.3 is 14.8 Å². The average molecular weight is 305 g/mol. The Balaban J connectivity index is 1.99. The van der Waals surface area contributed by atoms with Crippen LogP contribution in [-0.4, -0.2) is 23.7 Å². The molecule has 2 rings (SSSR count). The molecule has 1 unspecified atom stereocenters. The van der Waals surface area contributed by atoms with Crippen LogP contribution in [0.3, 0.4) is 0 Å². The van der Waals surface area contributed by atoms with Gasteiger partial charge in [-0.3, -0.25) is 4.79 Å². The summed E-state index contributed by atoms with van der Waals surface area (Å²) in [6, 6.07) is 11.6. The van der Waals surface area contributed by atoms with Crippen LogP contribution in [0.2, 0.25) is 0 Å². The van der Waals surface area contributed by atoms with E-state index in [2.05, 4.69) is 5.32 Å². The molecule has 0 aliphatic carbocycles. The number of aliphatic hydroxyl groups excluding tert-OH is 1. The minimum atomic E-state index is -0.274. The highest BCUT2D eigenvalue weighted by atomic mass is 32.2. The van der Waals surface area contributed by atoms with Crippen molar-refractivity contribution in [3.05, 3.63) is 54.0 Å². The lowest BCUT2D eigenvalue weighted by molar-refractivity contribution is 0.0886. The van der Waals surface area contributed by atoms with Gasteiger partial charge in [-0.1, -0.05) is 25.1 Å². The summed E-state index contributed by atoms with van der Waals surface area (Å²) in [4.78, 5) is 13.3. The fourth-order valence-corrected chi connectivity index (χ4v) is 2.75. The number of rotatable bonds is 7. The third kappa shape index (κ3) is 4.37. The SMILES string of the molecule is CCC(CO)NC(=O)c1occc1CSc1ccccc1. The van der Waals surface area contributed by atoms with Gasteiger partial charge in [-0.05, 0) is 24.6 Å². The molecular weight excluding hydrogens is 286 g/mol. The molecule has 4 nitrogen and oxygen atoms in total. The highest BCUT2D eigenvalue weighted by molar-refractivity contribution is 7.98. The summed E-state index contributed by atoms with van der Waals surface area (Å²) in [6.07, 6.45) is 2.20. The van der Waals surface area contributed by atoms with Gasteiger partial charge in [0.25, 0.3) is 5.91 Å². The molecule has 1 aromatic heterocycles. The maximum Gasteiger partial charge on any atom is 0.287 e. The fraction of sp³-hybridized carbons (Fsp3) is 0.312. The molecule has 0 saturated heterocycles. The van der Waals surface area contributed by atoms with Crippen LogP contribution in [0.4, 0.5) is 0 Å². The zero-order valence-electron chi connectivity index (χ0n) is 11.9. The number of aliphatic hydroxyl groups is 1. The first-order chi connectivity index (χ1) is 10.2. The lowest BCUT2D eigenvalue weighted by Gasteiger charge is -2.13. The van der Waals surface area contributed by atoms with Crippen molar-refractivity contribution < 1.29 is 14.3 Å². The van der Waals surface area contributed by atoms with E-state index < -0.39 is 0 Å². The average Bonchev–Trinajstić information content (AvgIpc) is 3.00. The summed E-state index contributed by atoms with van der Waals surface area (Å²) in [5, 5.41) is 11.9. The van der Waals surface area contributed by atoms with Crippen molar-refractivity contribution in [3.63, 3.8) is 0 Å². The maximum atomic E-state index is 12.1. The molecule has 0 aliphatic rings. The van der Waals surface area contributed by atoms with Crippen LogP contribution in [0.15, 0.2) is 52.0 Å². The van der Waals surface area contributed by atoms with E-state index in [0.29, 0.717) is 17.9 Å². The van der Waals surface area contributed by atoms with E-state index in [4.69, 9.17) is 9.52 Å². The largest absolute Gasteiger partial charge is 0.459 e. The van der Waals surface area contributed by atoms with Crippen LogP contribution >= 0.6 is 11.8 Å². The van der Waals surface area contributed by atoms with Gasteiger partial charge in [0.15, 0.2) is 5.76 Å². The quantitative estimate of drug-likeness (QED) is 0.772. The van der Waals surface area contributed by atoms with Crippen molar-refractivity contribution in [2.24, 2.45) is 0 Å². The van der Waals surface area contributed by atoms with Crippen LogP contribution in [0.25, 0.3) is 0 Å². The predicted octanol–water partition coefficient (Wildman–Crippen LogP) is 3.07. The van der Waals surface area contributed by atoms with E-state index in [1.54, 1.807) is 11.8 Å². The van der Waals surface area contributed by atoms with Gasteiger partial charge in [0, 0.05) is 16.2 Å². The summed E-state index contributed by atoms with van der Waals surface area (Å²) in [5.74, 6) is 0.717. The molecule has 0 fully saturated rings. The van der Waals surface area contributed by atoms with E-state index in [1.165, 1.54) is 6.26 Å². The van der Waals surface area contributed by atoms with Crippen molar-refractivity contribution in [2.75, 3.05) is 6.61 Å². The van der Waals surface area contributed by atoms with E-state index in [1.807, 2.05) is 43.3 Å². The molecule has 0 bridgehead atoms. The number of furan rings is 1. The van der Waals surface area contributed by atoms with Crippen molar-refractivity contribution in [1.29, 1.82) is 0 Å². The third-order valence-electron chi connectivity index (χ3n) is 3.14. The minimum Gasteiger partial charge on any atom is -0.459 e. The van der Waals surface area contributed by atoms with Crippen molar-refractivity contribution in [2.45, 2.75) is 30.0 Å². The number of hydrogen-bond acceptors (Lipinski definition) is 4. The molecule has 0 aliphatic heterocycles. The smallest absolute Gasteiger partial charge is 0.287 e. The van der Waals surface area contributed by atoms with Crippen LogP contribution < -0.4 is 5.32 Å². The zero-order valence-corrected chi connectivity index (χ0v) is 12.7. The fourth-order valence-electron chi connectivity index (χ4n) is 1.85. The zero-order chi connectivity index (χ0) is 15.1. The van der Waals surface area contributed by atoms with Gasteiger partial charge in [-0.25, -0.2) is 0 Å². The Kier molecular flexibility index (Phi) is 5.90. The number of nitrogens with one attached hydrogen (secondary N) is 1. The third-order valence-corrected chi connectivity index (χ3v) is 4.20. The first-order valence-corrected chi connectivity index (χ1v) is 7.89. The Morgan fingerprint density at radius 1 is 1.33 bits per heavy atom. The second kappa shape index (κ2) is 7.90. The monoisotopic (exact) mass is 305 g/mol.